The van der Waals surface area contributed by atoms with E-state index in [1.54, 1.807) is 0 Å². The molecule has 0 aliphatic heterocycles. The van der Waals surface area contributed by atoms with Crippen LogP contribution in [-0.4, -0.2) is 5.78 Å². The van der Waals surface area contributed by atoms with Crippen LogP contribution in [0.3, 0.4) is 0 Å². The summed E-state index contributed by atoms with van der Waals surface area (Å²) in [6.07, 6.45) is 3.44. The fourth-order valence-corrected chi connectivity index (χ4v) is 2.66. The second-order valence-electron chi connectivity index (χ2n) is 4.23. The molecule has 0 amide bonds. The van der Waals surface area contributed by atoms with Crippen LogP contribution in [0.5, 0.6) is 0 Å². The lowest BCUT2D eigenvalue weighted by Crippen LogP contribution is -2.34. The molecule has 0 aromatic carbocycles. The van der Waals surface area contributed by atoms with E-state index in [1.165, 1.54) is 12.8 Å². The van der Waals surface area contributed by atoms with E-state index < -0.39 is 0 Å². The zero-order chi connectivity index (χ0) is 7.35. The molecular weight excluding hydrogens is 124 g/mol. The van der Waals surface area contributed by atoms with E-state index in [0.717, 1.165) is 12.3 Å². The average Bonchev–Trinajstić information content (AvgIpc) is 1.95. The van der Waals surface area contributed by atoms with Gasteiger partial charge in [-0.25, -0.2) is 0 Å². The van der Waals surface area contributed by atoms with E-state index in [9.17, 15) is 4.79 Å². The van der Waals surface area contributed by atoms with Gasteiger partial charge in [-0.05, 0) is 24.2 Å². The van der Waals surface area contributed by atoms with Crippen molar-refractivity contribution in [3.8, 4) is 0 Å². The Morgan fingerprint density at radius 2 is 2.30 bits per heavy atom. The highest BCUT2D eigenvalue weighted by Gasteiger charge is 2.53. The summed E-state index contributed by atoms with van der Waals surface area (Å²) in [5.74, 6) is 1.61. The minimum Gasteiger partial charge on any atom is -0.299 e. The van der Waals surface area contributed by atoms with Crippen molar-refractivity contribution in [3.63, 3.8) is 0 Å². The van der Waals surface area contributed by atoms with Crippen LogP contribution in [0.1, 0.15) is 33.1 Å². The third kappa shape index (κ3) is 0.561. The number of carbonyl (C=O) groups is 1. The van der Waals surface area contributed by atoms with Gasteiger partial charge in [-0.1, -0.05) is 13.8 Å². The van der Waals surface area contributed by atoms with Crippen molar-refractivity contribution >= 4 is 5.78 Å². The smallest absolute Gasteiger partial charge is 0.136 e. The predicted octanol–water partition coefficient (Wildman–Crippen LogP) is 2.01. The minimum absolute atomic E-state index is 0.374. The summed E-state index contributed by atoms with van der Waals surface area (Å²) in [7, 11) is 0. The summed E-state index contributed by atoms with van der Waals surface area (Å²) in [5.41, 5.74) is 0.427. The Balaban J connectivity index is 2.25. The molecule has 0 unspecified atom stereocenters. The lowest BCUT2D eigenvalue weighted by atomic mass is 9.62. The molecule has 0 aromatic heterocycles. The highest BCUT2D eigenvalue weighted by Crippen LogP contribution is 2.57. The summed E-state index contributed by atoms with van der Waals surface area (Å²) in [6.45, 7) is 4.36. The van der Waals surface area contributed by atoms with Gasteiger partial charge < -0.3 is 0 Å². The number of hydrogen-bond acceptors (Lipinski definition) is 1. The standard InChI is InChI=1S/C9H14O/c1-6-7-3-4-9(7,2)5-8(6)10/h6-7H,3-5H2,1-2H3/t6-,7-,9-/m0/s1. The molecule has 1 heteroatoms. The molecule has 2 aliphatic carbocycles. The van der Waals surface area contributed by atoms with E-state index in [4.69, 9.17) is 0 Å². The topological polar surface area (TPSA) is 17.1 Å². The molecule has 0 bridgehead atoms. The fraction of sp³-hybridized carbons (Fsp3) is 0.889. The molecule has 1 nitrogen and oxygen atoms in total. The van der Waals surface area contributed by atoms with E-state index in [1.807, 2.05) is 0 Å². The van der Waals surface area contributed by atoms with Gasteiger partial charge in [0.05, 0.1) is 0 Å². The van der Waals surface area contributed by atoms with Gasteiger partial charge in [0, 0.05) is 12.3 Å². The molecule has 0 spiro atoms. The normalized spacial score (nSPS) is 52.4. The summed E-state index contributed by atoms with van der Waals surface area (Å²) < 4.78 is 0. The molecule has 10 heavy (non-hydrogen) atoms. The third-order valence-electron chi connectivity index (χ3n) is 3.61. The fourth-order valence-electron chi connectivity index (χ4n) is 2.66. The van der Waals surface area contributed by atoms with Gasteiger partial charge in [0.1, 0.15) is 5.78 Å². The molecule has 2 rings (SSSR count). The van der Waals surface area contributed by atoms with E-state index in [0.29, 0.717) is 17.1 Å². The van der Waals surface area contributed by atoms with Crippen LogP contribution in [0.15, 0.2) is 0 Å². The Hall–Kier alpha value is -0.330. The highest BCUT2D eigenvalue weighted by molar-refractivity contribution is 5.84. The molecule has 0 heterocycles. The van der Waals surface area contributed by atoms with Crippen molar-refractivity contribution in [2.24, 2.45) is 17.3 Å². The highest BCUT2D eigenvalue weighted by atomic mass is 16.1. The van der Waals surface area contributed by atoms with Crippen LogP contribution in [0.25, 0.3) is 0 Å². The lowest BCUT2D eigenvalue weighted by molar-refractivity contribution is -0.120. The van der Waals surface area contributed by atoms with Gasteiger partial charge in [-0.15, -0.1) is 0 Å². The van der Waals surface area contributed by atoms with Crippen LogP contribution in [0.4, 0.5) is 0 Å². The Morgan fingerprint density at radius 3 is 2.50 bits per heavy atom. The maximum atomic E-state index is 11.2. The van der Waals surface area contributed by atoms with Gasteiger partial charge in [-0.2, -0.15) is 0 Å². The molecule has 56 valence electrons. The van der Waals surface area contributed by atoms with Gasteiger partial charge in [0.2, 0.25) is 0 Å². The molecule has 0 radical (unpaired) electrons. The van der Waals surface area contributed by atoms with E-state index in [-0.39, 0.29) is 0 Å². The Morgan fingerprint density at radius 1 is 1.60 bits per heavy atom. The zero-order valence-corrected chi connectivity index (χ0v) is 6.68. The molecular formula is C9H14O. The van der Waals surface area contributed by atoms with Crippen molar-refractivity contribution in [1.29, 1.82) is 0 Å². The van der Waals surface area contributed by atoms with Crippen LogP contribution in [0, 0.1) is 17.3 Å². The first-order valence-electron chi connectivity index (χ1n) is 4.16. The van der Waals surface area contributed by atoms with Crippen LogP contribution >= 0.6 is 0 Å². The summed E-state index contributed by atoms with van der Waals surface area (Å²) in [5, 5.41) is 0. The van der Waals surface area contributed by atoms with Crippen molar-refractivity contribution < 1.29 is 4.79 Å². The maximum absolute atomic E-state index is 11.2. The Kier molecular flexibility index (Phi) is 1.04. The molecule has 0 N–H and O–H groups in total. The first-order valence-corrected chi connectivity index (χ1v) is 4.16. The number of hydrogen-bond donors (Lipinski definition) is 0. The predicted molar refractivity (Wildman–Crippen MR) is 39.6 cm³/mol. The van der Waals surface area contributed by atoms with Gasteiger partial charge in [0.25, 0.3) is 0 Å². The van der Waals surface area contributed by atoms with Gasteiger partial charge >= 0.3 is 0 Å². The molecule has 2 aliphatic rings. The summed E-state index contributed by atoms with van der Waals surface area (Å²) in [4.78, 5) is 11.2. The largest absolute Gasteiger partial charge is 0.299 e. The van der Waals surface area contributed by atoms with Crippen LogP contribution in [-0.2, 0) is 4.79 Å². The van der Waals surface area contributed by atoms with Crippen LogP contribution in [0.2, 0.25) is 0 Å². The monoisotopic (exact) mass is 138 g/mol. The number of fused-ring (bicyclic) bond motifs is 1. The number of rotatable bonds is 0. The van der Waals surface area contributed by atoms with Crippen LogP contribution < -0.4 is 0 Å². The quantitative estimate of drug-likeness (QED) is 0.500. The SMILES string of the molecule is C[C@@H]1C(=O)C[C@]2(C)CC[C@@H]12. The second-order valence-corrected chi connectivity index (χ2v) is 4.23. The molecule has 0 aromatic rings. The van der Waals surface area contributed by atoms with Crippen molar-refractivity contribution in [1.82, 2.24) is 0 Å². The molecule has 0 saturated heterocycles. The molecule has 2 saturated carbocycles. The number of carbonyl (C=O) groups excluding carboxylic acids is 1. The minimum atomic E-state index is 0.374. The third-order valence-corrected chi connectivity index (χ3v) is 3.61. The van der Waals surface area contributed by atoms with Gasteiger partial charge in [0.15, 0.2) is 0 Å². The lowest BCUT2D eigenvalue weighted by Gasteiger charge is -2.42. The van der Waals surface area contributed by atoms with Crippen molar-refractivity contribution in [3.05, 3.63) is 0 Å². The second kappa shape index (κ2) is 1.63. The summed E-state index contributed by atoms with van der Waals surface area (Å²) >= 11 is 0. The van der Waals surface area contributed by atoms with E-state index in [2.05, 4.69) is 13.8 Å². The Bertz CT molecular complexity index is 185. The number of Topliss-reactive ketones (excluding diaryl/α,β-unsaturated/α-hetero) is 1. The Labute approximate surface area is 61.8 Å². The first-order chi connectivity index (χ1) is 4.63. The molecule has 3 atom stereocenters. The molecule has 2 fully saturated rings. The maximum Gasteiger partial charge on any atom is 0.136 e. The van der Waals surface area contributed by atoms with E-state index >= 15 is 0 Å². The summed E-state index contributed by atoms with van der Waals surface area (Å²) in [6, 6.07) is 0. The number of ketones is 1. The average molecular weight is 138 g/mol. The zero-order valence-electron chi connectivity index (χ0n) is 6.68. The first kappa shape index (κ1) is 6.38. The van der Waals surface area contributed by atoms with Crippen molar-refractivity contribution in [2.45, 2.75) is 33.1 Å². The van der Waals surface area contributed by atoms with Gasteiger partial charge in [-0.3, -0.25) is 4.79 Å². The van der Waals surface area contributed by atoms with Crippen molar-refractivity contribution in [2.75, 3.05) is 0 Å².